The Kier molecular flexibility index (Phi) is 5.10. The van der Waals surface area contributed by atoms with Crippen LogP contribution in [0.4, 0.5) is 8.78 Å². The van der Waals surface area contributed by atoms with Crippen LogP contribution in [0.2, 0.25) is 0 Å². The zero-order valence-corrected chi connectivity index (χ0v) is 12.3. The number of halogens is 2. The summed E-state index contributed by atoms with van der Waals surface area (Å²) in [4.78, 5) is 12.3. The van der Waals surface area contributed by atoms with Crippen LogP contribution in [0.5, 0.6) is 0 Å². The second kappa shape index (κ2) is 6.63. The van der Waals surface area contributed by atoms with Crippen LogP contribution in [0.15, 0.2) is 17.5 Å². The number of thiophene rings is 1. The van der Waals surface area contributed by atoms with Gasteiger partial charge in [-0.15, -0.1) is 11.3 Å². The smallest absolute Gasteiger partial charge is 0.261 e. The van der Waals surface area contributed by atoms with Gasteiger partial charge in [-0.3, -0.25) is 4.79 Å². The van der Waals surface area contributed by atoms with Gasteiger partial charge in [0.25, 0.3) is 5.91 Å². The minimum atomic E-state index is -2.45. The van der Waals surface area contributed by atoms with Crippen molar-refractivity contribution in [3.8, 4) is 0 Å². The molecular weight excluding hydrogens is 282 g/mol. The van der Waals surface area contributed by atoms with E-state index in [1.54, 1.807) is 6.07 Å². The Morgan fingerprint density at radius 3 is 2.85 bits per heavy atom. The molecule has 1 aliphatic rings. The molecule has 1 aliphatic carbocycles. The normalized spacial score (nSPS) is 19.4. The minimum absolute atomic E-state index is 0.00369. The second-order valence-electron chi connectivity index (χ2n) is 5.35. The van der Waals surface area contributed by atoms with E-state index >= 15 is 0 Å². The molecule has 1 heterocycles. The number of hydrogen-bond acceptors (Lipinski definition) is 3. The predicted molar refractivity (Wildman–Crippen MR) is 76.4 cm³/mol. The molecule has 0 spiro atoms. The van der Waals surface area contributed by atoms with Gasteiger partial charge in [-0.25, -0.2) is 8.78 Å². The first-order valence-corrected chi connectivity index (χ1v) is 7.79. The van der Waals surface area contributed by atoms with Crippen LogP contribution in [0.3, 0.4) is 0 Å². The number of hydrogen-bond donors (Lipinski definition) is 2. The lowest BCUT2D eigenvalue weighted by molar-refractivity contribution is -0.117. The van der Waals surface area contributed by atoms with Crippen LogP contribution in [-0.4, -0.2) is 31.0 Å². The van der Waals surface area contributed by atoms with E-state index in [1.165, 1.54) is 11.3 Å². The molecule has 6 heteroatoms. The fraction of sp³-hybridized carbons (Fsp3) is 0.643. The van der Waals surface area contributed by atoms with E-state index in [-0.39, 0.29) is 30.7 Å². The summed E-state index contributed by atoms with van der Waals surface area (Å²) < 4.78 is 25.5. The number of rotatable bonds is 7. The van der Waals surface area contributed by atoms with Crippen LogP contribution in [-0.2, 0) is 0 Å². The van der Waals surface area contributed by atoms with Gasteiger partial charge < -0.3 is 10.6 Å². The third kappa shape index (κ3) is 4.24. The molecular formula is C14H20F2N2OS. The zero-order valence-electron chi connectivity index (χ0n) is 11.5. The highest BCUT2D eigenvalue weighted by atomic mass is 32.1. The molecule has 1 saturated carbocycles. The van der Waals surface area contributed by atoms with Gasteiger partial charge in [0, 0.05) is 25.4 Å². The highest BCUT2D eigenvalue weighted by Crippen LogP contribution is 2.43. The maximum Gasteiger partial charge on any atom is 0.261 e. The molecule has 0 radical (unpaired) electrons. The highest BCUT2D eigenvalue weighted by Gasteiger charge is 2.47. The Bertz CT molecular complexity index is 428. The third-order valence-corrected chi connectivity index (χ3v) is 4.55. The Morgan fingerprint density at radius 1 is 1.50 bits per heavy atom. The molecule has 1 aromatic heterocycles. The molecule has 20 heavy (non-hydrogen) atoms. The third-order valence-electron chi connectivity index (χ3n) is 3.68. The quantitative estimate of drug-likeness (QED) is 0.760. The molecule has 3 nitrogen and oxygen atoms in total. The Labute approximate surface area is 121 Å². The van der Waals surface area contributed by atoms with E-state index in [0.29, 0.717) is 11.4 Å². The molecule has 1 aromatic rings. The van der Waals surface area contributed by atoms with E-state index in [1.807, 2.05) is 18.4 Å². The van der Waals surface area contributed by atoms with Gasteiger partial charge in [0.15, 0.2) is 0 Å². The van der Waals surface area contributed by atoms with Crippen LogP contribution < -0.4 is 10.6 Å². The fourth-order valence-corrected chi connectivity index (χ4v) is 2.98. The summed E-state index contributed by atoms with van der Waals surface area (Å²) in [5.74, 6) is -2.42. The number of carbonyl (C=O) groups is 1. The summed E-state index contributed by atoms with van der Waals surface area (Å²) >= 11 is 1.42. The van der Waals surface area contributed by atoms with Crippen molar-refractivity contribution in [1.82, 2.24) is 10.6 Å². The summed E-state index contributed by atoms with van der Waals surface area (Å²) in [6.45, 7) is 3.27. The summed E-state index contributed by atoms with van der Waals surface area (Å²) in [6.07, 6.45) is 0.789. The maximum atomic E-state index is 12.7. The van der Waals surface area contributed by atoms with Gasteiger partial charge in [0.2, 0.25) is 5.92 Å². The zero-order chi connectivity index (χ0) is 14.6. The number of alkyl halides is 2. The molecule has 1 unspecified atom stereocenters. The molecule has 1 atom stereocenters. The topological polar surface area (TPSA) is 41.1 Å². The molecule has 0 bridgehead atoms. The molecule has 0 aliphatic heterocycles. The molecule has 0 aromatic carbocycles. The van der Waals surface area contributed by atoms with Crippen molar-refractivity contribution in [3.63, 3.8) is 0 Å². The first-order valence-electron chi connectivity index (χ1n) is 6.91. The lowest BCUT2D eigenvalue weighted by atomic mass is 9.77. The van der Waals surface area contributed by atoms with E-state index in [9.17, 15) is 13.6 Å². The lowest BCUT2D eigenvalue weighted by Gasteiger charge is -2.39. The Hall–Kier alpha value is -1.01. The molecule has 1 amide bonds. The highest BCUT2D eigenvalue weighted by molar-refractivity contribution is 7.12. The van der Waals surface area contributed by atoms with Crippen LogP contribution in [0.25, 0.3) is 0 Å². The van der Waals surface area contributed by atoms with Crippen molar-refractivity contribution in [2.75, 3.05) is 13.1 Å². The number of amides is 1. The van der Waals surface area contributed by atoms with Crippen molar-refractivity contribution < 1.29 is 13.6 Å². The second-order valence-corrected chi connectivity index (χ2v) is 6.30. The van der Waals surface area contributed by atoms with Crippen molar-refractivity contribution in [1.29, 1.82) is 0 Å². The lowest BCUT2D eigenvalue weighted by Crippen LogP contribution is -2.47. The number of nitrogens with one attached hydrogen (secondary N) is 2. The van der Waals surface area contributed by atoms with Gasteiger partial charge in [-0.1, -0.05) is 6.07 Å². The standard InChI is InChI=1S/C14H20F2N2OS/c1-10(11-8-14(15,16)9-11)17-5-3-6-18-13(19)12-4-2-7-20-12/h2,4,7,10-11,17H,3,5-6,8-9H2,1H3,(H,18,19). The van der Waals surface area contributed by atoms with Gasteiger partial charge >= 0.3 is 0 Å². The van der Waals surface area contributed by atoms with E-state index < -0.39 is 5.92 Å². The maximum absolute atomic E-state index is 12.7. The van der Waals surface area contributed by atoms with Crippen molar-refractivity contribution in [3.05, 3.63) is 22.4 Å². The van der Waals surface area contributed by atoms with Gasteiger partial charge in [0.1, 0.15) is 0 Å². The average molecular weight is 302 g/mol. The van der Waals surface area contributed by atoms with Crippen LogP contribution in [0, 0.1) is 5.92 Å². The number of carbonyl (C=O) groups excluding carboxylic acids is 1. The fourth-order valence-electron chi connectivity index (χ4n) is 2.34. The van der Waals surface area contributed by atoms with E-state index in [4.69, 9.17) is 0 Å². The van der Waals surface area contributed by atoms with E-state index in [0.717, 1.165) is 13.0 Å². The van der Waals surface area contributed by atoms with Gasteiger partial charge in [-0.2, -0.15) is 0 Å². The van der Waals surface area contributed by atoms with E-state index in [2.05, 4.69) is 10.6 Å². The largest absolute Gasteiger partial charge is 0.351 e. The molecule has 2 rings (SSSR count). The first-order chi connectivity index (χ1) is 9.48. The van der Waals surface area contributed by atoms with Gasteiger partial charge in [-0.05, 0) is 37.3 Å². The average Bonchev–Trinajstić information content (AvgIpc) is 2.88. The van der Waals surface area contributed by atoms with Gasteiger partial charge in [0.05, 0.1) is 4.88 Å². The van der Waals surface area contributed by atoms with Crippen molar-refractivity contribution in [2.45, 2.75) is 38.2 Å². The van der Waals surface area contributed by atoms with Crippen LogP contribution >= 0.6 is 11.3 Å². The van der Waals surface area contributed by atoms with Crippen molar-refractivity contribution >= 4 is 17.2 Å². The SMILES string of the molecule is CC(NCCCNC(=O)c1cccs1)C1CC(F)(F)C1. The molecule has 1 fully saturated rings. The predicted octanol–water partition coefficient (Wildman–Crippen LogP) is 2.89. The monoisotopic (exact) mass is 302 g/mol. The minimum Gasteiger partial charge on any atom is -0.351 e. The Balaban J connectivity index is 1.53. The van der Waals surface area contributed by atoms with Crippen LogP contribution in [0.1, 0.15) is 35.9 Å². The summed E-state index contributed by atoms with van der Waals surface area (Å²) in [6, 6.07) is 3.75. The first kappa shape index (κ1) is 15.4. The summed E-state index contributed by atoms with van der Waals surface area (Å²) in [7, 11) is 0. The molecule has 0 saturated heterocycles. The summed E-state index contributed by atoms with van der Waals surface area (Å²) in [5, 5.41) is 7.96. The molecule has 112 valence electrons. The molecule has 2 N–H and O–H groups in total. The summed E-state index contributed by atoms with van der Waals surface area (Å²) in [5.41, 5.74) is 0. The Morgan fingerprint density at radius 2 is 2.25 bits per heavy atom. The van der Waals surface area contributed by atoms with Crippen molar-refractivity contribution in [2.24, 2.45) is 5.92 Å².